The molecule has 0 spiro atoms. The van der Waals surface area contributed by atoms with Gasteiger partial charge in [0.05, 0.1) is 30.3 Å². The molecule has 0 aromatic heterocycles. The zero-order chi connectivity index (χ0) is 26.1. The largest absolute Gasteiger partial charge is 0.465 e. The summed E-state index contributed by atoms with van der Waals surface area (Å²) in [7, 11) is 2.59. The lowest BCUT2D eigenvalue weighted by Crippen LogP contribution is -2.02. The van der Waals surface area contributed by atoms with Crippen LogP contribution in [0.25, 0.3) is 22.3 Å². The van der Waals surface area contributed by atoms with Crippen molar-refractivity contribution in [2.75, 3.05) is 20.0 Å². The quantitative estimate of drug-likeness (QED) is 0.165. The summed E-state index contributed by atoms with van der Waals surface area (Å²) in [5, 5.41) is 10.9. The molecule has 182 valence electrons. The number of nitro groups is 1. The average Bonchev–Trinajstić information content (AvgIpc) is 2.92. The SMILES string of the molecule is COC(=O)c1cc(-c2ccccc2)cc([N+](=O)[O-])c1.COC(=O)c1cc(N)cc(-c2ccccc2)c1. The van der Waals surface area contributed by atoms with E-state index in [1.807, 2.05) is 66.7 Å². The van der Waals surface area contributed by atoms with Crippen molar-refractivity contribution >= 4 is 23.3 Å². The fourth-order valence-corrected chi connectivity index (χ4v) is 3.43. The third-order valence-corrected chi connectivity index (χ3v) is 5.14. The number of rotatable bonds is 5. The van der Waals surface area contributed by atoms with Crippen LogP contribution in [0.15, 0.2) is 97.1 Å². The van der Waals surface area contributed by atoms with Gasteiger partial charge in [0.2, 0.25) is 0 Å². The Bertz CT molecular complexity index is 1370. The summed E-state index contributed by atoms with van der Waals surface area (Å²) in [6.07, 6.45) is 0. The predicted molar refractivity (Wildman–Crippen MR) is 138 cm³/mol. The van der Waals surface area contributed by atoms with E-state index in [4.69, 9.17) is 5.73 Å². The molecule has 2 N–H and O–H groups in total. The number of nitro benzene ring substituents is 1. The first-order chi connectivity index (χ1) is 17.3. The monoisotopic (exact) mass is 484 g/mol. The Labute approximate surface area is 208 Å². The summed E-state index contributed by atoms with van der Waals surface area (Å²) in [4.78, 5) is 33.4. The second-order valence-electron chi connectivity index (χ2n) is 7.58. The van der Waals surface area contributed by atoms with Crippen LogP contribution in [0.1, 0.15) is 20.7 Å². The van der Waals surface area contributed by atoms with Crippen molar-refractivity contribution in [3.05, 3.63) is 118 Å². The van der Waals surface area contributed by atoms with Gasteiger partial charge in [0.1, 0.15) is 0 Å². The molecule has 0 aliphatic heterocycles. The maximum absolute atomic E-state index is 11.5. The van der Waals surface area contributed by atoms with Crippen LogP contribution in [0.5, 0.6) is 0 Å². The molecule has 0 saturated carbocycles. The molecule has 0 heterocycles. The summed E-state index contributed by atoms with van der Waals surface area (Å²) >= 11 is 0. The molecule has 8 heteroatoms. The minimum atomic E-state index is -0.596. The van der Waals surface area contributed by atoms with Crippen LogP contribution in [0, 0.1) is 10.1 Å². The molecule has 4 rings (SSSR count). The van der Waals surface area contributed by atoms with Crippen LogP contribution in [-0.4, -0.2) is 31.1 Å². The molecular formula is C28H24N2O6. The molecule has 4 aromatic rings. The standard InChI is InChI=1S/C14H11NO4.C14H13NO2/c1-19-14(16)12-7-11(8-13(9-12)15(17)18)10-5-3-2-4-6-10;1-17-14(16)12-7-11(8-13(15)9-12)10-5-3-2-4-6-10/h2-9H,1H3;2-9H,15H2,1H3. The number of esters is 2. The Kier molecular flexibility index (Phi) is 8.50. The molecular weight excluding hydrogens is 460 g/mol. The molecule has 0 amide bonds. The van der Waals surface area contributed by atoms with Crippen molar-refractivity contribution in [3.8, 4) is 22.3 Å². The van der Waals surface area contributed by atoms with Crippen molar-refractivity contribution in [2.24, 2.45) is 0 Å². The molecule has 0 aliphatic rings. The fraction of sp³-hybridized carbons (Fsp3) is 0.0714. The number of benzene rings is 4. The van der Waals surface area contributed by atoms with Crippen LogP contribution >= 0.6 is 0 Å². The van der Waals surface area contributed by atoms with E-state index in [0.717, 1.165) is 16.7 Å². The van der Waals surface area contributed by atoms with E-state index in [9.17, 15) is 19.7 Å². The zero-order valence-corrected chi connectivity index (χ0v) is 19.7. The molecule has 0 saturated heterocycles. The highest BCUT2D eigenvalue weighted by Crippen LogP contribution is 2.26. The average molecular weight is 485 g/mol. The summed E-state index contributed by atoms with van der Waals surface area (Å²) in [6, 6.07) is 28.3. The number of anilines is 1. The number of methoxy groups -OCH3 is 2. The lowest BCUT2D eigenvalue weighted by molar-refractivity contribution is -0.384. The summed E-state index contributed by atoms with van der Waals surface area (Å²) in [6.45, 7) is 0. The molecule has 0 aliphatic carbocycles. The van der Waals surface area contributed by atoms with E-state index in [0.29, 0.717) is 16.8 Å². The molecule has 36 heavy (non-hydrogen) atoms. The molecule has 0 fully saturated rings. The van der Waals surface area contributed by atoms with Gasteiger partial charge < -0.3 is 15.2 Å². The predicted octanol–water partition coefficient (Wildman–Crippen LogP) is 5.77. The summed E-state index contributed by atoms with van der Waals surface area (Å²) in [5.74, 6) is -0.977. The van der Waals surface area contributed by atoms with Gasteiger partial charge in [0.25, 0.3) is 5.69 Å². The Hall–Kier alpha value is -4.98. The number of nitrogens with two attached hydrogens (primary N) is 1. The minimum absolute atomic E-state index is 0.137. The number of nitrogens with zero attached hydrogens (tertiary/aromatic N) is 1. The van der Waals surface area contributed by atoms with Crippen molar-refractivity contribution in [2.45, 2.75) is 0 Å². The van der Waals surface area contributed by atoms with Gasteiger partial charge in [-0.1, -0.05) is 60.7 Å². The third kappa shape index (κ3) is 6.54. The highest BCUT2D eigenvalue weighted by atomic mass is 16.6. The normalized spacial score (nSPS) is 9.94. The molecule has 0 unspecified atom stereocenters. The van der Waals surface area contributed by atoms with E-state index in [-0.39, 0.29) is 17.2 Å². The number of nitrogen functional groups attached to an aromatic ring is 1. The number of non-ortho nitro benzene ring substituents is 1. The van der Waals surface area contributed by atoms with Crippen molar-refractivity contribution < 1.29 is 24.0 Å². The van der Waals surface area contributed by atoms with Gasteiger partial charge in [-0.2, -0.15) is 0 Å². The first-order valence-electron chi connectivity index (χ1n) is 10.8. The Morgan fingerprint density at radius 1 is 0.667 bits per heavy atom. The van der Waals surface area contributed by atoms with Gasteiger partial charge >= 0.3 is 11.9 Å². The number of carbonyl (C=O) groups is 2. The van der Waals surface area contributed by atoms with Crippen LogP contribution in [-0.2, 0) is 9.47 Å². The number of carbonyl (C=O) groups excluding carboxylic acids is 2. The maximum Gasteiger partial charge on any atom is 0.338 e. The van der Waals surface area contributed by atoms with Gasteiger partial charge in [0.15, 0.2) is 0 Å². The number of hydrogen-bond donors (Lipinski definition) is 1. The Morgan fingerprint density at radius 3 is 1.56 bits per heavy atom. The smallest absolute Gasteiger partial charge is 0.338 e. The van der Waals surface area contributed by atoms with Crippen LogP contribution in [0.4, 0.5) is 11.4 Å². The fourth-order valence-electron chi connectivity index (χ4n) is 3.43. The van der Waals surface area contributed by atoms with Gasteiger partial charge in [0, 0.05) is 17.8 Å². The zero-order valence-electron chi connectivity index (χ0n) is 19.7. The molecule has 8 nitrogen and oxygen atoms in total. The molecule has 0 bridgehead atoms. The van der Waals surface area contributed by atoms with Crippen LogP contribution in [0.2, 0.25) is 0 Å². The van der Waals surface area contributed by atoms with Gasteiger partial charge in [-0.25, -0.2) is 9.59 Å². The Balaban J connectivity index is 0.000000202. The van der Waals surface area contributed by atoms with Crippen LogP contribution < -0.4 is 5.73 Å². The van der Waals surface area contributed by atoms with E-state index in [1.165, 1.54) is 26.4 Å². The second-order valence-corrected chi connectivity index (χ2v) is 7.58. The van der Waals surface area contributed by atoms with Gasteiger partial charge in [-0.15, -0.1) is 0 Å². The third-order valence-electron chi connectivity index (χ3n) is 5.14. The van der Waals surface area contributed by atoms with E-state index < -0.39 is 10.9 Å². The number of hydrogen-bond acceptors (Lipinski definition) is 7. The molecule has 0 atom stereocenters. The van der Waals surface area contributed by atoms with Crippen LogP contribution in [0.3, 0.4) is 0 Å². The second kappa shape index (κ2) is 11.9. The van der Waals surface area contributed by atoms with Gasteiger partial charge in [-0.3, -0.25) is 10.1 Å². The van der Waals surface area contributed by atoms with Crippen molar-refractivity contribution in [1.29, 1.82) is 0 Å². The molecule has 0 radical (unpaired) electrons. The highest BCUT2D eigenvalue weighted by Gasteiger charge is 2.15. The highest BCUT2D eigenvalue weighted by molar-refractivity contribution is 5.93. The first kappa shape index (κ1) is 25.6. The summed E-state index contributed by atoms with van der Waals surface area (Å²) in [5.41, 5.74) is 10.2. The van der Waals surface area contributed by atoms with Gasteiger partial charge in [-0.05, 0) is 46.5 Å². The maximum atomic E-state index is 11.5. The van der Waals surface area contributed by atoms with E-state index >= 15 is 0 Å². The van der Waals surface area contributed by atoms with Crippen molar-refractivity contribution in [1.82, 2.24) is 0 Å². The van der Waals surface area contributed by atoms with E-state index in [2.05, 4.69) is 9.47 Å². The first-order valence-corrected chi connectivity index (χ1v) is 10.8. The lowest BCUT2D eigenvalue weighted by Gasteiger charge is -2.06. The summed E-state index contributed by atoms with van der Waals surface area (Å²) < 4.78 is 9.29. The molecule has 4 aromatic carbocycles. The van der Waals surface area contributed by atoms with E-state index in [1.54, 1.807) is 18.2 Å². The number of ether oxygens (including phenoxy) is 2. The minimum Gasteiger partial charge on any atom is -0.465 e. The van der Waals surface area contributed by atoms with Crippen molar-refractivity contribution in [3.63, 3.8) is 0 Å². The Morgan fingerprint density at radius 2 is 1.11 bits per heavy atom. The topological polar surface area (TPSA) is 122 Å². The lowest BCUT2D eigenvalue weighted by atomic mass is 10.0.